The van der Waals surface area contributed by atoms with Crippen molar-refractivity contribution >= 4 is 22.8 Å². The van der Waals surface area contributed by atoms with Gasteiger partial charge in [0.15, 0.2) is 0 Å². The normalized spacial score (nSPS) is 12.8. The Morgan fingerprint density at radius 2 is 1.85 bits per heavy atom. The Hall–Kier alpha value is -2.94. The first kappa shape index (κ1) is 19.4. The van der Waals surface area contributed by atoms with Gasteiger partial charge in [-0.25, -0.2) is 9.36 Å². The van der Waals surface area contributed by atoms with Crippen LogP contribution in [0.25, 0.3) is 10.9 Å². The molecule has 1 aromatic carbocycles. The van der Waals surface area contributed by atoms with Gasteiger partial charge in [0.05, 0.1) is 17.3 Å². The quantitative estimate of drug-likeness (QED) is 0.736. The molecule has 0 spiro atoms. The van der Waals surface area contributed by atoms with Crippen molar-refractivity contribution in [3.8, 4) is 0 Å². The van der Waals surface area contributed by atoms with Gasteiger partial charge in [-0.15, -0.1) is 0 Å². The van der Waals surface area contributed by atoms with Crippen molar-refractivity contribution in [1.82, 2.24) is 9.13 Å². The van der Waals surface area contributed by atoms with E-state index < -0.39 is 47.9 Å². The van der Waals surface area contributed by atoms with Gasteiger partial charge < -0.3 is 15.6 Å². The van der Waals surface area contributed by atoms with Gasteiger partial charge in [0.1, 0.15) is 18.3 Å². The maximum atomic E-state index is 12.7. The fraction of sp³-hybridized carbons (Fsp3) is 0.412. The maximum absolute atomic E-state index is 12.7. The molecule has 0 saturated carbocycles. The zero-order valence-electron chi connectivity index (χ0n) is 14.8. The van der Waals surface area contributed by atoms with Crippen LogP contribution in [0.1, 0.15) is 33.4 Å². The van der Waals surface area contributed by atoms with Crippen molar-refractivity contribution in [2.75, 3.05) is 0 Å². The second kappa shape index (κ2) is 7.12. The summed E-state index contributed by atoms with van der Waals surface area (Å²) in [5.74, 6) is -1.92. The Kier molecular flexibility index (Phi) is 5.31. The van der Waals surface area contributed by atoms with Gasteiger partial charge in [-0.2, -0.15) is 0 Å². The molecule has 0 radical (unpaired) electrons. The molecule has 0 saturated heterocycles. The van der Waals surface area contributed by atoms with E-state index in [-0.39, 0.29) is 10.9 Å². The van der Waals surface area contributed by atoms with Gasteiger partial charge in [-0.3, -0.25) is 19.0 Å². The van der Waals surface area contributed by atoms with Gasteiger partial charge >= 0.3 is 17.6 Å². The number of aromatic nitrogens is 2. The number of nitrogens with zero attached hydrogens (tertiary/aromatic N) is 2. The van der Waals surface area contributed by atoms with Gasteiger partial charge in [0.25, 0.3) is 5.56 Å². The summed E-state index contributed by atoms with van der Waals surface area (Å²) >= 11 is 0. The van der Waals surface area contributed by atoms with Crippen LogP contribution in [-0.4, -0.2) is 31.8 Å². The average molecular weight is 363 g/mol. The average Bonchev–Trinajstić information content (AvgIpc) is 2.49. The zero-order valence-corrected chi connectivity index (χ0v) is 14.8. The first-order valence-corrected chi connectivity index (χ1v) is 7.94. The molecule has 0 aliphatic rings. The molecule has 2 aromatic rings. The van der Waals surface area contributed by atoms with E-state index >= 15 is 0 Å². The summed E-state index contributed by atoms with van der Waals surface area (Å²) in [5.41, 5.74) is 3.77. The number of esters is 1. The second-order valence-electron chi connectivity index (χ2n) is 6.81. The Bertz CT molecular complexity index is 967. The summed E-state index contributed by atoms with van der Waals surface area (Å²) < 4.78 is 6.78. The number of carbonyl (C=O) groups excluding carboxylic acids is 1. The first-order chi connectivity index (χ1) is 12.0. The van der Waals surface area contributed by atoms with Crippen LogP contribution in [0.4, 0.5) is 0 Å². The summed E-state index contributed by atoms with van der Waals surface area (Å²) in [6, 6.07) is 6.12. The number of carboxylic acids is 1. The topological polar surface area (TPSA) is 134 Å². The number of aliphatic carboxylic acids is 1. The number of nitrogens with two attached hydrogens (primary N) is 1. The fourth-order valence-electron chi connectivity index (χ4n) is 2.57. The van der Waals surface area contributed by atoms with E-state index in [0.717, 1.165) is 4.57 Å². The molecule has 9 nitrogen and oxygen atoms in total. The Balaban J connectivity index is 2.56. The monoisotopic (exact) mass is 363 g/mol. The minimum Gasteiger partial charge on any atom is -0.480 e. The van der Waals surface area contributed by atoms with Crippen molar-refractivity contribution in [3.63, 3.8) is 0 Å². The van der Waals surface area contributed by atoms with Crippen LogP contribution in [0.5, 0.6) is 0 Å². The standard InChI is InChI=1S/C17H21N3O6/c1-17(2,3)26-14(23)8-12(18)20-15(24)10-6-4-5-7-11(10)19(16(20)25)9-13(21)22/h4-7,12H,8-9,18H2,1-3H3,(H,21,22). The molecule has 1 heterocycles. The zero-order chi connectivity index (χ0) is 19.6. The molecule has 3 N–H and O–H groups in total. The van der Waals surface area contributed by atoms with Gasteiger partial charge in [0.2, 0.25) is 0 Å². The lowest BCUT2D eigenvalue weighted by molar-refractivity contribution is -0.155. The molecule has 1 unspecified atom stereocenters. The van der Waals surface area contributed by atoms with Crippen molar-refractivity contribution in [1.29, 1.82) is 0 Å². The summed E-state index contributed by atoms with van der Waals surface area (Å²) in [6.07, 6.45) is -1.69. The number of fused-ring (bicyclic) bond motifs is 1. The van der Waals surface area contributed by atoms with Gasteiger partial charge in [0, 0.05) is 0 Å². The highest BCUT2D eigenvalue weighted by Gasteiger charge is 2.23. The van der Waals surface area contributed by atoms with Crippen LogP contribution in [0, 0.1) is 0 Å². The lowest BCUT2D eigenvalue weighted by Gasteiger charge is -2.22. The van der Waals surface area contributed by atoms with Crippen LogP contribution in [0.3, 0.4) is 0 Å². The van der Waals surface area contributed by atoms with E-state index in [9.17, 15) is 19.2 Å². The summed E-state index contributed by atoms with van der Waals surface area (Å²) in [6.45, 7) is 4.40. The van der Waals surface area contributed by atoms with E-state index in [1.165, 1.54) is 12.1 Å². The molecule has 0 aliphatic carbocycles. The third-order valence-electron chi connectivity index (χ3n) is 3.50. The number of hydrogen-bond donors (Lipinski definition) is 2. The number of rotatable bonds is 5. The van der Waals surface area contributed by atoms with E-state index in [1.807, 2.05) is 0 Å². The molecule has 9 heteroatoms. The van der Waals surface area contributed by atoms with E-state index in [2.05, 4.69) is 0 Å². The van der Waals surface area contributed by atoms with E-state index in [0.29, 0.717) is 4.57 Å². The molecule has 2 rings (SSSR count). The Morgan fingerprint density at radius 3 is 2.42 bits per heavy atom. The van der Waals surface area contributed by atoms with Gasteiger partial charge in [-0.1, -0.05) is 12.1 Å². The molecular formula is C17H21N3O6. The minimum absolute atomic E-state index is 0.132. The number of benzene rings is 1. The Labute approximate surface area is 148 Å². The number of ether oxygens (including phenoxy) is 1. The number of carbonyl (C=O) groups is 2. The first-order valence-electron chi connectivity index (χ1n) is 7.94. The van der Waals surface area contributed by atoms with Crippen LogP contribution in [0.15, 0.2) is 33.9 Å². The number of para-hydroxylation sites is 1. The summed E-state index contributed by atoms with van der Waals surface area (Å²) in [5, 5.41) is 9.20. The summed E-state index contributed by atoms with van der Waals surface area (Å²) in [7, 11) is 0. The van der Waals surface area contributed by atoms with Crippen molar-refractivity contribution in [3.05, 3.63) is 45.1 Å². The molecule has 1 aromatic heterocycles. The molecule has 0 amide bonds. The van der Waals surface area contributed by atoms with Crippen LogP contribution < -0.4 is 17.0 Å². The molecule has 0 fully saturated rings. The molecule has 140 valence electrons. The highest BCUT2D eigenvalue weighted by Crippen LogP contribution is 2.12. The van der Waals surface area contributed by atoms with Gasteiger partial charge in [-0.05, 0) is 32.9 Å². The van der Waals surface area contributed by atoms with E-state index in [1.54, 1.807) is 32.9 Å². The van der Waals surface area contributed by atoms with Crippen LogP contribution in [0.2, 0.25) is 0 Å². The van der Waals surface area contributed by atoms with Crippen molar-refractivity contribution in [2.24, 2.45) is 5.73 Å². The maximum Gasteiger partial charge on any atom is 0.333 e. The number of carboxylic acid groups (broad SMARTS) is 1. The molecular weight excluding hydrogens is 342 g/mol. The lowest BCUT2D eigenvalue weighted by atomic mass is 10.2. The van der Waals surface area contributed by atoms with Crippen LogP contribution in [-0.2, 0) is 20.9 Å². The highest BCUT2D eigenvalue weighted by molar-refractivity contribution is 5.79. The number of hydrogen-bond acceptors (Lipinski definition) is 6. The lowest BCUT2D eigenvalue weighted by Crippen LogP contribution is -2.46. The predicted octanol–water partition coefficient (Wildman–Crippen LogP) is 0.437. The minimum atomic E-state index is -1.28. The largest absolute Gasteiger partial charge is 0.480 e. The fourth-order valence-corrected chi connectivity index (χ4v) is 2.57. The predicted molar refractivity (Wildman–Crippen MR) is 93.8 cm³/mol. The van der Waals surface area contributed by atoms with Crippen molar-refractivity contribution in [2.45, 2.75) is 45.5 Å². The van der Waals surface area contributed by atoms with Crippen molar-refractivity contribution < 1.29 is 19.4 Å². The SMILES string of the molecule is CC(C)(C)OC(=O)CC(N)n1c(=O)c2ccccc2n(CC(=O)O)c1=O. The highest BCUT2D eigenvalue weighted by atomic mass is 16.6. The molecule has 0 bridgehead atoms. The molecule has 1 atom stereocenters. The third-order valence-corrected chi connectivity index (χ3v) is 3.50. The van der Waals surface area contributed by atoms with E-state index in [4.69, 9.17) is 15.6 Å². The van der Waals surface area contributed by atoms with Crippen LogP contribution >= 0.6 is 0 Å². The third kappa shape index (κ3) is 4.17. The Morgan fingerprint density at radius 1 is 1.23 bits per heavy atom. The molecule has 26 heavy (non-hydrogen) atoms. The molecule has 0 aliphatic heterocycles. The second-order valence-corrected chi connectivity index (χ2v) is 6.81. The summed E-state index contributed by atoms with van der Waals surface area (Å²) in [4.78, 5) is 48.4. The smallest absolute Gasteiger partial charge is 0.333 e.